The van der Waals surface area contributed by atoms with Gasteiger partial charge in [-0.05, 0) is 18.4 Å². The van der Waals surface area contributed by atoms with Crippen molar-refractivity contribution in [3.05, 3.63) is 35.4 Å². The lowest BCUT2D eigenvalue weighted by molar-refractivity contribution is 0.295. The van der Waals surface area contributed by atoms with Crippen LogP contribution in [-0.4, -0.2) is 20.8 Å². The van der Waals surface area contributed by atoms with Crippen LogP contribution in [0.25, 0.3) is 0 Å². The third kappa shape index (κ3) is 2.44. The highest BCUT2D eigenvalue weighted by atomic mass is 32.2. The first-order chi connectivity index (χ1) is 7.48. The summed E-state index contributed by atoms with van der Waals surface area (Å²) in [5, 5.41) is 0. The summed E-state index contributed by atoms with van der Waals surface area (Å²) in [4.78, 5) is 0. The smallest absolute Gasteiger partial charge is 0.267 e. The van der Waals surface area contributed by atoms with E-state index in [9.17, 15) is 8.42 Å². The summed E-state index contributed by atoms with van der Waals surface area (Å²) in [7, 11) is -3.26. The van der Waals surface area contributed by atoms with Gasteiger partial charge in [0.2, 0.25) is 0 Å². The van der Waals surface area contributed by atoms with Crippen molar-refractivity contribution >= 4 is 10.1 Å². The standard InChI is InChI=1S/C12H16O3S/c1-9-3-5-11(6-4-9)10(2)12-7-15-16(13,14)8-12/h3-6,10,12H,7-8H2,1-2H3/t10-,12-/m0/s1. The summed E-state index contributed by atoms with van der Waals surface area (Å²) in [6.45, 7) is 4.41. The van der Waals surface area contributed by atoms with E-state index in [0.717, 1.165) is 0 Å². The summed E-state index contributed by atoms with van der Waals surface area (Å²) in [5.41, 5.74) is 2.39. The summed E-state index contributed by atoms with van der Waals surface area (Å²) < 4.78 is 27.2. The zero-order valence-corrected chi connectivity index (χ0v) is 10.3. The maximum atomic E-state index is 11.2. The molecule has 1 aliphatic rings. The molecule has 0 amide bonds. The van der Waals surface area contributed by atoms with Crippen LogP contribution in [0.3, 0.4) is 0 Å². The van der Waals surface area contributed by atoms with Crippen molar-refractivity contribution in [1.82, 2.24) is 0 Å². The molecule has 1 heterocycles. The number of rotatable bonds is 2. The molecule has 0 saturated carbocycles. The molecular formula is C12H16O3S. The molecule has 0 N–H and O–H groups in total. The number of hydrogen-bond donors (Lipinski definition) is 0. The van der Waals surface area contributed by atoms with Crippen LogP contribution >= 0.6 is 0 Å². The second kappa shape index (κ2) is 4.18. The molecule has 0 bridgehead atoms. The van der Waals surface area contributed by atoms with Crippen molar-refractivity contribution in [2.24, 2.45) is 5.92 Å². The molecule has 2 rings (SSSR count). The molecule has 1 aromatic carbocycles. The van der Waals surface area contributed by atoms with Crippen molar-refractivity contribution in [2.75, 3.05) is 12.4 Å². The lowest BCUT2D eigenvalue weighted by Crippen LogP contribution is -2.14. The van der Waals surface area contributed by atoms with Crippen LogP contribution in [0.1, 0.15) is 24.0 Å². The molecule has 4 heteroatoms. The average molecular weight is 240 g/mol. The van der Waals surface area contributed by atoms with Crippen LogP contribution in [0.5, 0.6) is 0 Å². The Kier molecular flexibility index (Phi) is 3.04. The van der Waals surface area contributed by atoms with Gasteiger partial charge >= 0.3 is 0 Å². The fourth-order valence-corrected chi connectivity index (χ4v) is 3.37. The summed E-state index contributed by atoms with van der Waals surface area (Å²) in [6.07, 6.45) is 0. The van der Waals surface area contributed by atoms with Crippen LogP contribution in [-0.2, 0) is 14.3 Å². The molecule has 88 valence electrons. The van der Waals surface area contributed by atoms with Gasteiger partial charge in [0, 0.05) is 5.92 Å². The van der Waals surface area contributed by atoms with Crippen LogP contribution in [0.15, 0.2) is 24.3 Å². The van der Waals surface area contributed by atoms with Crippen molar-refractivity contribution in [2.45, 2.75) is 19.8 Å². The van der Waals surface area contributed by atoms with E-state index < -0.39 is 10.1 Å². The molecule has 1 fully saturated rings. The molecule has 1 aromatic rings. The van der Waals surface area contributed by atoms with Gasteiger partial charge in [0.15, 0.2) is 0 Å². The molecule has 0 unspecified atom stereocenters. The minimum absolute atomic E-state index is 0.0766. The largest absolute Gasteiger partial charge is 0.270 e. The monoisotopic (exact) mass is 240 g/mol. The van der Waals surface area contributed by atoms with Crippen molar-refractivity contribution < 1.29 is 12.6 Å². The van der Waals surface area contributed by atoms with E-state index in [2.05, 4.69) is 31.2 Å². The maximum absolute atomic E-state index is 11.2. The van der Waals surface area contributed by atoms with Gasteiger partial charge in [-0.3, -0.25) is 4.18 Å². The Hall–Kier alpha value is -0.870. The van der Waals surface area contributed by atoms with Crippen LogP contribution < -0.4 is 0 Å². The zero-order valence-electron chi connectivity index (χ0n) is 9.51. The quantitative estimate of drug-likeness (QED) is 0.743. The molecule has 3 nitrogen and oxygen atoms in total. The Bertz CT molecular complexity index is 462. The predicted molar refractivity (Wildman–Crippen MR) is 62.8 cm³/mol. The van der Waals surface area contributed by atoms with E-state index in [1.165, 1.54) is 11.1 Å². The fraction of sp³-hybridized carbons (Fsp3) is 0.500. The highest BCUT2D eigenvalue weighted by molar-refractivity contribution is 7.86. The van der Waals surface area contributed by atoms with Crippen LogP contribution in [0.4, 0.5) is 0 Å². The minimum atomic E-state index is -3.26. The lowest BCUT2D eigenvalue weighted by Gasteiger charge is -2.16. The van der Waals surface area contributed by atoms with Crippen molar-refractivity contribution in [3.63, 3.8) is 0 Å². The van der Waals surface area contributed by atoms with E-state index >= 15 is 0 Å². The second-order valence-corrected chi connectivity index (χ2v) is 6.15. The van der Waals surface area contributed by atoms with Crippen molar-refractivity contribution in [3.8, 4) is 0 Å². The van der Waals surface area contributed by atoms with E-state index in [-0.39, 0.29) is 17.6 Å². The molecule has 0 spiro atoms. The van der Waals surface area contributed by atoms with Gasteiger partial charge < -0.3 is 0 Å². The van der Waals surface area contributed by atoms with Gasteiger partial charge in [-0.15, -0.1) is 0 Å². The highest BCUT2D eigenvalue weighted by Gasteiger charge is 2.33. The molecule has 0 radical (unpaired) electrons. The Morgan fingerprint density at radius 3 is 2.44 bits per heavy atom. The Labute approximate surface area is 96.6 Å². The van der Waals surface area contributed by atoms with Crippen LogP contribution in [0, 0.1) is 12.8 Å². The van der Waals surface area contributed by atoms with Gasteiger partial charge in [0.05, 0.1) is 12.4 Å². The van der Waals surface area contributed by atoms with Gasteiger partial charge in [-0.2, -0.15) is 8.42 Å². The summed E-state index contributed by atoms with van der Waals surface area (Å²) in [5.74, 6) is 0.438. The third-order valence-corrected chi connectivity index (χ3v) is 4.52. The normalized spacial score (nSPS) is 25.5. The second-order valence-electron chi connectivity index (χ2n) is 4.47. The Morgan fingerprint density at radius 1 is 1.31 bits per heavy atom. The molecule has 1 saturated heterocycles. The summed E-state index contributed by atoms with van der Waals surface area (Å²) >= 11 is 0. The molecule has 0 aliphatic carbocycles. The minimum Gasteiger partial charge on any atom is -0.270 e. The molecule has 0 aromatic heterocycles. The van der Waals surface area contributed by atoms with Gasteiger partial charge in [-0.25, -0.2) is 0 Å². The average Bonchev–Trinajstić information content (AvgIpc) is 2.59. The van der Waals surface area contributed by atoms with Crippen molar-refractivity contribution in [1.29, 1.82) is 0 Å². The van der Waals surface area contributed by atoms with Crippen LogP contribution in [0.2, 0.25) is 0 Å². The van der Waals surface area contributed by atoms with E-state index in [4.69, 9.17) is 4.18 Å². The van der Waals surface area contributed by atoms with E-state index in [1.54, 1.807) is 0 Å². The van der Waals surface area contributed by atoms with Gasteiger partial charge in [0.25, 0.3) is 10.1 Å². The van der Waals surface area contributed by atoms with E-state index in [1.807, 2.05) is 6.92 Å². The first-order valence-electron chi connectivity index (χ1n) is 5.41. The first kappa shape index (κ1) is 11.6. The lowest BCUT2D eigenvalue weighted by atomic mass is 9.89. The number of hydrogen-bond acceptors (Lipinski definition) is 3. The predicted octanol–water partition coefficient (Wildman–Crippen LogP) is 2.07. The molecule has 1 aliphatic heterocycles. The zero-order chi connectivity index (χ0) is 11.8. The maximum Gasteiger partial charge on any atom is 0.267 e. The van der Waals surface area contributed by atoms with Gasteiger partial charge in [0.1, 0.15) is 0 Å². The number of aryl methyl sites for hydroxylation is 1. The Morgan fingerprint density at radius 2 is 1.94 bits per heavy atom. The third-order valence-electron chi connectivity index (χ3n) is 3.19. The molecular weight excluding hydrogens is 224 g/mol. The number of benzene rings is 1. The fourth-order valence-electron chi connectivity index (χ4n) is 1.98. The summed E-state index contributed by atoms with van der Waals surface area (Å²) in [6, 6.07) is 8.22. The topological polar surface area (TPSA) is 43.4 Å². The van der Waals surface area contributed by atoms with Gasteiger partial charge in [-0.1, -0.05) is 36.8 Å². The van der Waals surface area contributed by atoms with E-state index in [0.29, 0.717) is 6.61 Å². The molecule has 2 atom stereocenters. The first-order valence-corrected chi connectivity index (χ1v) is 6.99. The highest BCUT2D eigenvalue weighted by Crippen LogP contribution is 2.30. The Balaban J connectivity index is 2.14. The SMILES string of the molecule is Cc1ccc([C@H](C)[C@H]2COS(=O)(=O)C2)cc1. The molecule has 16 heavy (non-hydrogen) atoms.